The normalized spacial score (nSPS) is 21.4. The van der Waals surface area contributed by atoms with Crippen LogP contribution < -0.4 is 5.56 Å². The molecule has 3 aromatic rings. The summed E-state index contributed by atoms with van der Waals surface area (Å²) in [6.45, 7) is 1.83. The van der Waals surface area contributed by atoms with Gasteiger partial charge in [0.1, 0.15) is 12.4 Å². The molecule has 5 rings (SSSR count). The highest BCUT2D eigenvalue weighted by Gasteiger charge is 2.46. The number of hydrogen-bond donors (Lipinski definition) is 3. The predicted molar refractivity (Wildman–Crippen MR) is 115 cm³/mol. The van der Waals surface area contributed by atoms with Gasteiger partial charge in [0, 0.05) is 28.6 Å². The zero-order chi connectivity index (χ0) is 22.9. The van der Waals surface area contributed by atoms with Crippen LogP contribution in [0.5, 0.6) is 5.75 Å². The van der Waals surface area contributed by atoms with E-state index in [9.17, 15) is 24.9 Å². The molecule has 0 fully saturated rings. The number of hydrogen-bond acceptors (Lipinski definition) is 8. The fraction of sp³-hybridized carbons (Fsp3) is 0.348. The molecule has 2 atom stereocenters. The van der Waals surface area contributed by atoms with Gasteiger partial charge in [-0.2, -0.15) is 0 Å². The minimum Gasteiger partial charge on any atom is -0.508 e. The van der Waals surface area contributed by atoms with Gasteiger partial charge in [-0.25, -0.2) is 9.78 Å². The number of aliphatic hydroxyl groups is 2. The molecule has 3 N–H and O–H groups in total. The van der Waals surface area contributed by atoms with Gasteiger partial charge in [0.05, 0.1) is 22.5 Å². The quantitative estimate of drug-likeness (QED) is 0.524. The molecule has 0 aliphatic carbocycles. The average molecular weight is 437 g/mol. The van der Waals surface area contributed by atoms with Crippen molar-refractivity contribution in [3.63, 3.8) is 0 Å². The summed E-state index contributed by atoms with van der Waals surface area (Å²) in [5, 5.41) is 33.1. The lowest BCUT2D eigenvalue weighted by Crippen LogP contribution is -2.44. The van der Waals surface area contributed by atoms with E-state index in [4.69, 9.17) is 9.72 Å². The summed E-state index contributed by atoms with van der Waals surface area (Å²) >= 11 is 0. The number of carbonyl (C=O) groups is 1. The molecular formula is C23H23N3O6. The number of rotatable bonds is 3. The molecule has 0 saturated carbocycles. The third kappa shape index (κ3) is 2.65. The average Bonchev–Trinajstić information content (AvgIpc) is 3.03. The molecule has 2 aliphatic rings. The summed E-state index contributed by atoms with van der Waals surface area (Å²) in [4.78, 5) is 32.2. The van der Waals surface area contributed by atoms with Gasteiger partial charge in [0.25, 0.3) is 5.56 Å². The number of ether oxygens (including phenoxy) is 1. The van der Waals surface area contributed by atoms with E-state index in [-0.39, 0.29) is 29.9 Å². The largest absolute Gasteiger partial charge is 0.508 e. The Bertz CT molecular complexity index is 1360. The molecule has 9 heteroatoms. The molecule has 2 aliphatic heterocycles. The summed E-state index contributed by atoms with van der Waals surface area (Å²) in [5.41, 5.74) is 0.237. The first-order valence-electron chi connectivity index (χ1n) is 10.3. The Hall–Kier alpha value is -3.27. The van der Waals surface area contributed by atoms with Crippen LogP contribution in [0.25, 0.3) is 22.3 Å². The highest BCUT2D eigenvalue weighted by atomic mass is 16.6. The fourth-order valence-corrected chi connectivity index (χ4v) is 4.63. The number of fused-ring (bicyclic) bond motifs is 5. The van der Waals surface area contributed by atoms with Gasteiger partial charge in [-0.05, 0) is 44.8 Å². The number of aromatic hydroxyl groups is 1. The molecule has 1 unspecified atom stereocenters. The van der Waals surface area contributed by atoms with Gasteiger partial charge in [0.15, 0.2) is 11.8 Å². The Balaban J connectivity index is 1.79. The second kappa shape index (κ2) is 6.86. The maximum absolute atomic E-state index is 13.3. The van der Waals surface area contributed by atoms with E-state index in [1.807, 2.05) is 19.0 Å². The standard InChI is InChI=1S/C23H23N3O6/c1-4-23(31)15-8-17-19-12(20(28)26(17)21(29)14(15)10-32-22(23)30)7-11-13(9-25(2)3)18(27)6-5-16(11)24-19/h5-8,20,27-28,31H,4,9-10H2,1-3H3/t20?,23-/m0/s1. The molecule has 0 saturated heterocycles. The number of benzene rings is 1. The van der Waals surface area contributed by atoms with Gasteiger partial charge in [-0.15, -0.1) is 0 Å². The number of pyridine rings is 2. The summed E-state index contributed by atoms with van der Waals surface area (Å²) < 4.78 is 6.27. The van der Waals surface area contributed by atoms with Crippen molar-refractivity contribution in [3.8, 4) is 17.1 Å². The van der Waals surface area contributed by atoms with Gasteiger partial charge < -0.3 is 25.0 Å². The van der Waals surface area contributed by atoms with Gasteiger partial charge >= 0.3 is 5.97 Å². The van der Waals surface area contributed by atoms with E-state index in [0.29, 0.717) is 40.0 Å². The van der Waals surface area contributed by atoms with Crippen molar-refractivity contribution in [2.75, 3.05) is 14.1 Å². The van der Waals surface area contributed by atoms with Crippen molar-refractivity contribution in [1.29, 1.82) is 0 Å². The molecule has 0 spiro atoms. The van der Waals surface area contributed by atoms with Crippen molar-refractivity contribution in [2.24, 2.45) is 0 Å². The van der Waals surface area contributed by atoms with Crippen molar-refractivity contribution < 1.29 is 24.9 Å². The highest BCUT2D eigenvalue weighted by Crippen LogP contribution is 2.42. The minimum atomic E-state index is -1.93. The predicted octanol–water partition coefficient (Wildman–Crippen LogP) is 1.34. The summed E-state index contributed by atoms with van der Waals surface area (Å²) in [7, 11) is 3.76. The number of nitrogens with zero attached hydrogens (tertiary/aromatic N) is 3. The molecule has 166 valence electrons. The van der Waals surface area contributed by atoms with Crippen LogP contribution in [-0.2, 0) is 28.3 Å². The Morgan fingerprint density at radius 3 is 2.72 bits per heavy atom. The second-order valence-electron chi connectivity index (χ2n) is 8.55. The summed E-state index contributed by atoms with van der Waals surface area (Å²) in [5.74, 6) is -0.680. The highest BCUT2D eigenvalue weighted by molar-refractivity contribution is 5.89. The van der Waals surface area contributed by atoms with Crippen LogP contribution in [0.15, 0.2) is 29.1 Å². The first-order chi connectivity index (χ1) is 15.2. The number of cyclic esters (lactones) is 1. The SMILES string of the molecule is CC[C@@]1(O)C(=O)OCc2c1cc1n(c2=O)C(O)c2cc3c(CN(C)C)c(O)ccc3nc2-1. The lowest BCUT2D eigenvalue weighted by molar-refractivity contribution is -0.172. The summed E-state index contributed by atoms with van der Waals surface area (Å²) in [6.07, 6.45) is -1.26. The van der Waals surface area contributed by atoms with Crippen molar-refractivity contribution in [1.82, 2.24) is 14.5 Å². The van der Waals surface area contributed by atoms with Crippen LogP contribution in [0.4, 0.5) is 0 Å². The first-order valence-corrected chi connectivity index (χ1v) is 10.3. The number of carbonyl (C=O) groups excluding carboxylic acids is 1. The maximum Gasteiger partial charge on any atom is 0.343 e. The Labute approximate surface area is 183 Å². The number of phenols is 1. The van der Waals surface area contributed by atoms with Crippen LogP contribution in [0.1, 0.15) is 41.8 Å². The number of esters is 1. The van der Waals surface area contributed by atoms with E-state index < -0.39 is 23.4 Å². The smallest absolute Gasteiger partial charge is 0.343 e. The monoisotopic (exact) mass is 437 g/mol. The molecule has 9 nitrogen and oxygen atoms in total. The number of phenolic OH excluding ortho intramolecular Hbond substituents is 1. The third-order valence-corrected chi connectivity index (χ3v) is 6.34. The Morgan fingerprint density at radius 1 is 1.28 bits per heavy atom. The lowest BCUT2D eigenvalue weighted by Gasteiger charge is -2.31. The van der Waals surface area contributed by atoms with Crippen LogP contribution >= 0.6 is 0 Å². The molecule has 1 aromatic carbocycles. The molecule has 4 heterocycles. The van der Waals surface area contributed by atoms with Crippen molar-refractivity contribution >= 4 is 16.9 Å². The van der Waals surface area contributed by atoms with Crippen molar-refractivity contribution in [2.45, 2.75) is 38.3 Å². The lowest BCUT2D eigenvalue weighted by atomic mass is 9.86. The Morgan fingerprint density at radius 2 is 2.03 bits per heavy atom. The Kier molecular flexibility index (Phi) is 4.42. The van der Waals surface area contributed by atoms with E-state index in [2.05, 4.69) is 0 Å². The van der Waals surface area contributed by atoms with E-state index in [1.165, 1.54) is 4.57 Å². The van der Waals surface area contributed by atoms with Crippen LogP contribution in [-0.4, -0.2) is 49.8 Å². The molecule has 0 bridgehead atoms. The second-order valence-corrected chi connectivity index (χ2v) is 8.55. The minimum absolute atomic E-state index is 0.0372. The third-order valence-electron chi connectivity index (χ3n) is 6.34. The fourth-order valence-electron chi connectivity index (χ4n) is 4.63. The van der Waals surface area contributed by atoms with Gasteiger partial charge in [-0.1, -0.05) is 6.92 Å². The zero-order valence-electron chi connectivity index (χ0n) is 17.9. The van der Waals surface area contributed by atoms with Crippen LogP contribution in [0.2, 0.25) is 0 Å². The zero-order valence-corrected chi connectivity index (χ0v) is 17.9. The number of aliphatic hydroxyl groups excluding tert-OH is 1. The first kappa shape index (κ1) is 20.6. The molecule has 32 heavy (non-hydrogen) atoms. The molecule has 2 aromatic heterocycles. The van der Waals surface area contributed by atoms with E-state index in [0.717, 1.165) is 0 Å². The molecule has 0 radical (unpaired) electrons. The van der Waals surface area contributed by atoms with Gasteiger partial charge in [-0.3, -0.25) is 9.36 Å². The van der Waals surface area contributed by atoms with Crippen LogP contribution in [0, 0.1) is 0 Å². The molecule has 0 amide bonds. The maximum atomic E-state index is 13.3. The van der Waals surface area contributed by atoms with Crippen LogP contribution in [0.3, 0.4) is 0 Å². The van der Waals surface area contributed by atoms with E-state index in [1.54, 1.807) is 31.2 Å². The van der Waals surface area contributed by atoms with Gasteiger partial charge in [0.2, 0.25) is 0 Å². The molecular weight excluding hydrogens is 414 g/mol. The van der Waals surface area contributed by atoms with E-state index >= 15 is 0 Å². The number of aromatic nitrogens is 2. The van der Waals surface area contributed by atoms with Crippen molar-refractivity contribution in [3.05, 3.63) is 56.9 Å². The topological polar surface area (TPSA) is 125 Å². The summed E-state index contributed by atoms with van der Waals surface area (Å²) in [6, 6.07) is 6.53.